The first kappa shape index (κ1) is 14.8. The van der Waals surface area contributed by atoms with Crippen LogP contribution < -0.4 is 10.7 Å². The molecule has 0 spiro atoms. The Morgan fingerprint density at radius 2 is 2.05 bits per heavy atom. The number of anilines is 1. The molecule has 114 valence electrons. The number of hydrogen-bond acceptors (Lipinski definition) is 4. The molecular formula is C16H15ClN2O3. The fourth-order valence-electron chi connectivity index (χ4n) is 2.41. The highest BCUT2D eigenvalue weighted by Crippen LogP contribution is 2.23. The summed E-state index contributed by atoms with van der Waals surface area (Å²) in [7, 11) is 0. The van der Waals surface area contributed by atoms with E-state index in [1.54, 1.807) is 30.3 Å². The molecule has 22 heavy (non-hydrogen) atoms. The quantitative estimate of drug-likeness (QED) is 0.555. The number of rotatable bonds is 4. The monoisotopic (exact) mass is 318 g/mol. The van der Waals surface area contributed by atoms with Crippen LogP contribution in [0.5, 0.6) is 0 Å². The molecule has 0 aliphatic heterocycles. The molecule has 0 saturated carbocycles. The van der Waals surface area contributed by atoms with Crippen LogP contribution in [0.3, 0.4) is 0 Å². The molecule has 0 radical (unpaired) electrons. The van der Waals surface area contributed by atoms with E-state index in [1.165, 1.54) is 0 Å². The lowest BCUT2D eigenvalue weighted by atomic mass is 10.1. The molecule has 4 N–H and O–H groups in total. The maximum absolute atomic E-state index is 12.6. The van der Waals surface area contributed by atoms with Crippen LogP contribution >= 0.6 is 11.6 Å². The molecule has 2 aromatic carbocycles. The Bertz CT molecular complexity index is 892. The fourth-order valence-corrected chi connectivity index (χ4v) is 2.58. The minimum absolute atomic E-state index is 0.0994. The third kappa shape index (κ3) is 2.66. The molecular weight excluding hydrogens is 304 g/mol. The number of halogens is 1. The normalized spacial score (nSPS) is 12.7. The Labute approximate surface area is 131 Å². The summed E-state index contributed by atoms with van der Waals surface area (Å²) in [5.41, 5.74) is 1.95. The van der Waals surface area contributed by atoms with Gasteiger partial charge in [-0.2, -0.15) is 0 Å². The molecule has 0 saturated heterocycles. The number of benzene rings is 2. The van der Waals surface area contributed by atoms with E-state index in [0.29, 0.717) is 32.5 Å². The van der Waals surface area contributed by atoms with E-state index in [4.69, 9.17) is 16.7 Å². The fraction of sp³-hybridized carbons (Fsp3) is 0.188. The summed E-state index contributed by atoms with van der Waals surface area (Å²) in [4.78, 5) is 15.8. The molecule has 1 heterocycles. The molecule has 6 heteroatoms. The van der Waals surface area contributed by atoms with Crippen molar-refractivity contribution < 1.29 is 10.2 Å². The van der Waals surface area contributed by atoms with Gasteiger partial charge in [-0.15, -0.1) is 0 Å². The van der Waals surface area contributed by atoms with Gasteiger partial charge in [-0.25, -0.2) is 0 Å². The molecule has 5 nitrogen and oxygen atoms in total. The van der Waals surface area contributed by atoms with Crippen molar-refractivity contribution in [3.8, 4) is 0 Å². The molecule has 0 fully saturated rings. The van der Waals surface area contributed by atoms with Gasteiger partial charge in [0, 0.05) is 27.9 Å². The lowest BCUT2D eigenvalue weighted by Crippen LogP contribution is -2.23. The molecule has 3 rings (SSSR count). The Morgan fingerprint density at radius 3 is 2.82 bits per heavy atom. The zero-order valence-electron chi connectivity index (χ0n) is 11.6. The molecule has 1 atom stereocenters. The van der Waals surface area contributed by atoms with Gasteiger partial charge >= 0.3 is 0 Å². The lowest BCUT2D eigenvalue weighted by Gasteiger charge is -2.13. The molecule has 0 aliphatic carbocycles. The zero-order valence-corrected chi connectivity index (χ0v) is 12.4. The van der Waals surface area contributed by atoms with E-state index in [1.807, 2.05) is 6.07 Å². The average molecular weight is 319 g/mol. The van der Waals surface area contributed by atoms with Crippen LogP contribution in [0, 0.1) is 0 Å². The predicted molar refractivity (Wildman–Crippen MR) is 88.7 cm³/mol. The minimum Gasteiger partial charge on any atom is -0.394 e. The lowest BCUT2D eigenvalue weighted by molar-refractivity contribution is 0.105. The van der Waals surface area contributed by atoms with Crippen LogP contribution in [0.2, 0.25) is 5.02 Å². The van der Waals surface area contributed by atoms with Gasteiger partial charge < -0.3 is 20.5 Å². The van der Waals surface area contributed by atoms with Gasteiger partial charge in [-0.3, -0.25) is 4.79 Å². The van der Waals surface area contributed by atoms with Crippen molar-refractivity contribution in [2.24, 2.45) is 0 Å². The number of aromatic nitrogens is 1. The van der Waals surface area contributed by atoms with Crippen LogP contribution in [0.15, 0.2) is 41.2 Å². The highest BCUT2D eigenvalue weighted by molar-refractivity contribution is 6.31. The SMILES string of the molecule is O=c1c2cc(Cl)ccc2[nH]c2c(NCC(O)CO)cccc12. The van der Waals surface area contributed by atoms with E-state index in [2.05, 4.69) is 10.3 Å². The van der Waals surface area contributed by atoms with Crippen molar-refractivity contribution in [1.29, 1.82) is 0 Å². The number of nitrogens with one attached hydrogen (secondary N) is 2. The van der Waals surface area contributed by atoms with Crippen molar-refractivity contribution in [3.63, 3.8) is 0 Å². The van der Waals surface area contributed by atoms with Crippen LogP contribution in [0.1, 0.15) is 0 Å². The predicted octanol–water partition coefficient (Wildman–Crippen LogP) is 2.10. The number of aliphatic hydroxyl groups is 2. The summed E-state index contributed by atoms with van der Waals surface area (Å²) in [5, 5.41) is 22.9. The van der Waals surface area contributed by atoms with E-state index >= 15 is 0 Å². The topological polar surface area (TPSA) is 85.4 Å². The highest BCUT2D eigenvalue weighted by Gasteiger charge is 2.10. The number of pyridine rings is 1. The standard InChI is InChI=1S/C16H15ClN2O3/c17-9-4-5-13-12(6-9)16(22)11-2-1-3-14(15(11)19-13)18-7-10(21)8-20/h1-6,10,18,20-21H,7-8H2,(H,19,22). The van der Waals surface area contributed by atoms with Gasteiger partial charge in [0.15, 0.2) is 5.43 Å². The Kier molecular flexibility index (Phi) is 4.02. The van der Waals surface area contributed by atoms with Crippen molar-refractivity contribution in [2.45, 2.75) is 6.10 Å². The minimum atomic E-state index is -0.860. The number of fused-ring (bicyclic) bond motifs is 2. The van der Waals surface area contributed by atoms with Gasteiger partial charge in [-0.05, 0) is 30.3 Å². The Morgan fingerprint density at radius 1 is 1.23 bits per heavy atom. The Hall–Kier alpha value is -2.08. The summed E-state index contributed by atoms with van der Waals surface area (Å²) >= 11 is 5.96. The van der Waals surface area contributed by atoms with Gasteiger partial charge in [0.25, 0.3) is 0 Å². The van der Waals surface area contributed by atoms with Crippen molar-refractivity contribution in [2.75, 3.05) is 18.5 Å². The first-order valence-electron chi connectivity index (χ1n) is 6.87. The van der Waals surface area contributed by atoms with Crippen LogP contribution in [-0.2, 0) is 0 Å². The van der Waals surface area contributed by atoms with Crippen molar-refractivity contribution >= 4 is 39.1 Å². The van der Waals surface area contributed by atoms with Gasteiger partial charge in [0.2, 0.25) is 0 Å². The number of aliphatic hydroxyl groups excluding tert-OH is 2. The molecule has 1 unspecified atom stereocenters. The van der Waals surface area contributed by atoms with Gasteiger partial charge in [-0.1, -0.05) is 17.7 Å². The van der Waals surface area contributed by atoms with E-state index in [-0.39, 0.29) is 18.6 Å². The van der Waals surface area contributed by atoms with E-state index < -0.39 is 6.10 Å². The number of aromatic amines is 1. The van der Waals surface area contributed by atoms with Crippen LogP contribution in [-0.4, -0.2) is 34.5 Å². The third-order valence-electron chi connectivity index (χ3n) is 3.53. The Balaban J connectivity index is 2.18. The summed E-state index contributed by atoms with van der Waals surface area (Å²) < 4.78 is 0. The van der Waals surface area contributed by atoms with Crippen molar-refractivity contribution in [3.05, 3.63) is 51.6 Å². The third-order valence-corrected chi connectivity index (χ3v) is 3.77. The van der Waals surface area contributed by atoms with Crippen LogP contribution in [0.25, 0.3) is 21.8 Å². The second-order valence-corrected chi connectivity index (χ2v) is 5.53. The maximum Gasteiger partial charge on any atom is 0.197 e. The number of H-pyrrole nitrogens is 1. The van der Waals surface area contributed by atoms with E-state index in [9.17, 15) is 9.90 Å². The zero-order chi connectivity index (χ0) is 15.7. The largest absolute Gasteiger partial charge is 0.394 e. The summed E-state index contributed by atoms with van der Waals surface area (Å²) in [5.74, 6) is 0. The molecule has 0 aliphatic rings. The molecule has 1 aromatic heterocycles. The van der Waals surface area contributed by atoms with Crippen LogP contribution in [0.4, 0.5) is 5.69 Å². The first-order chi connectivity index (χ1) is 10.6. The smallest absolute Gasteiger partial charge is 0.197 e. The first-order valence-corrected chi connectivity index (χ1v) is 7.25. The van der Waals surface area contributed by atoms with E-state index in [0.717, 1.165) is 0 Å². The second kappa shape index (κ2) is 5.96. The van der Waals surface area contributed by atoms with Gasteiger partial charge in [0.1, 0.15) is 0 Å². The molecule has 3 aromatic rings. The highest BCUT2D eigenvalue weighted by atomic mass is 35.5. The summed E-state index contributed by atoms with van der Waals surface area (Å²) in [6.07, 6.45) is -0.860. The summed E-state index contributed by atoms with van der Waals surface area (Å²) in [6, 6.07) is 10.4. The average Bonchev–Trinajstić information content (AvgIpc) is 2.53. The molecule has 0 bridgehead atoms. The number of hydrogen-bond donors (Lipinski definition) is 4. The van der Waals surface area contributed by atoms with Gasteiger partial charge in [0.05, 0.1) is 23.9 Å². The number of para-hydroxylation sites is 1. The maximum atomic E-state index is 12.6. The van der Waals surface area contributed by atoms with Crippen molar-refractivity contribution in [1.82, 2.24) is 4.98 Å². The molecule has 0 amide bonds. The summed E-state index contributed by atoms with van der Waals surface area (Å²) in [6.45, 7) is -0.133. The second-order valence-electron chi connectivity index (χ2n) is 5.09.